The molecule has 2 atom stereocenters. The fourth-order valence-electron chi connectivity index (χ4n) is 3.76. The van der Waals surface area contributed by atoms with E-state index in [1.54, 1.807) is 38.4 Å². The number of benzene rings is 1. The number of amidine groups is 1. The Balaban J connectivity index is 2.18. The summed E-state index contributed by atoms with van der Waals surface area (Å²) in [6, 6.07) is 5.77. The number of carbonyl (C=O) groups is 3. The minimum absolute atomic E-state index is 0.0630. The topological polar surface area (TPSA) is 137 Å². The van der Waals surface area contributed by atoms with Crippen LogP contribution < -0.4 is 11.1 Å². The van der Waals surface area contributed by atoms with Crippen molar-refractivity contribution >= 4 is 23.6 Å². The first-order valence-electron chi connectivity index (χ1n) is 9.88. The summed E-state index contributed by atoms with van der Waals surface area (Å²) in [6.07, 6.45) is 4.64. The molecule has 1 fully saturated rings. The van der Waals surface area contributed by atoms with Crippen molar-refractivity contribution in [2.24, 2.45) is 17.6 Å². The molecule has 0 unspecified atom stereocenters. The van der Waals surface area contributed by atoms with Gasteiger partial charge in [0.1, 0.15) is 17.8 Å². The van der Waals surface area contributed by atoms with Crippen LogP contribution in [0.2, 0.25) is 0 Å². The average molecular weight is 402 g/mol. The number of carbonyl (C=O) groups excluding carboxylic acids is 2. The average Bonchev–Trinajstić information content (AvgIpc) is 2.70. The molecule has 1 aromatic carbocycles. The highest BCUT2D eigenvalue weighted by molar-refractivity contribution is 6.01. The molecule has 1 aliphatic rings. The monoisotopic (exact) mass is 402 g/mol. The molecule has 5 N–H and O–H groups in total. The molecule has 0 spiro atoms. The predicted octanol–water partition coefficient (Wildman–Crippen LogP) is 1.37. The first-order valence-corrected chi connectivity index (χ1v) is 9.88. The van der Waals surface area contributed by atoms with Crippen molar-refractivity contribution in [1.82, 2.24) is 10.2 Å². The number of nitrogens with two attached hydrogens (primary N) is 1. The molecule has 0 radical (unpaired) electrons. The number of rotatable bonds is 8. The van der Waals surface area contributed by atoms with Gasteiger partial charge in [0, 0.05) is 19.7 Å². The van der Waals surface area contributed by atoms with E-state index in [2.05, 4.69) is 5.32 Å². The SMILES string of the molecule is CN(C)C(=O)[C@H](Cc1ccc(C(=N)N)cc1)C(=O)N[C@H](C(=O)O)C1CCCCC1. The largest absolute Gasteiger partial charge is 0.480 e. The van der Waals surface area contributed by atoms with Crippen molar-refractivity contribution in [3.8, 4) is 0 Å². The zero-order valence-electron chi connectivity index (χ0n) is 17.0. The lowest BCUT2D eigenvalue weighted by Crippen LogP contribution is -2.51. The Morgan fingerprint density at radius 3 is 2.24 bits per heavy atom. The lowest BCUT2D eigenvalue weighted by atomic mass is 9.83. The number of carboxylic acid groups (broad SMARTS) is 1. The summed E-state index contributed by atoms with van der Waals surface area (Å²) in [6.45, 7) is 0. The fourth-order valence-corrected chi connectivity index (χ4v) is 3.76. The van der Waals surface area contributed by atoms with Gasteiger partial charge in [-0.3, -0.25) is 15.0 Å². The van der Waals surface area contributed by atoms with Gasteiger partial charge in [-0.1, -0.05) is 43.5 Å². The second-order valence-corrected chi connectivity index (χ2v) is 7.82. The van der Waals surface area contributed by atoms with E-state index >= 15 is 0 Å². The third-order valence-corrected chi connectivity index (χ3v) is 5.45. The molecule has 0 saturated heterocycles. The number of carboxylic acids is 1. The molecule has 158 valence electrons. The molecule has 1 saturated carbocycles. The van der Waals surface area contributed by atoms with Crippen LogP contribution in [-0.2, 0) is 20.8 Å². The Hall–Kier alpha value is -2.90. The van der Waals surface area contributed by atoms with Crippen molar-refractivity contribution in [3.05, 3.63) is 35.4 Å². The summed E-state index contributed by atoms with van der Waals surface area (Å²) >= 11 is 0. The fraction of sp³-hybridized carbons (Fsp3) is 0.524. The van der Waals surface area contributed by atoms with Gasteiger partial charge in [-0.25, -0.2) is 4.79 Å². The Morgan fingerprint density at radius 1 is 1.17 bits per heavy atom. The smallest absolute Gasteiger partial charge is 0.326 e. The molecule has 8 nitrogen and oxygen atoms in total. The minimum Gasteiger partial charge on any atom is -0.480 e. The van der Waals surface area contributed by atoms with Crippen LogP contribution in [0, 0.1) is 17.2 Å². The normalized spacial score (nSPS) is 16.5. The summed E-state index contributed by atoms with van der Waals surface area (Å²) in [5, 5.41) is 19.7. The zero-order valence-corrected chi connectivity index (χ0v) is 17.0. The van der Waals surface area contributed by atoms with Crippen LogP contribution in [0.15, 0.2) is 24.3 Å². The first-order chi connectivity index (χ1) is 13.7. The first kappa shape index (κ1) is 22.4. The number of aliphatic carboxylic acids is 1. The molecular formula is C21H30N4O4. The van der Waals surface area contributed by atoms with Crippen molar-refractivity contribution in [2.75, 3.05) is 14.1 Å². The Bertz CT molecular complexity index is 754. The Morgan fingerprint density at radius 2 is 1.76 bits per heavy atom. The van der Waals surface area contributed by atoms with Crippen LogP contribution in [-0.4, -0.2) is 53.8 Å². The van der Waals surface area contributed by atoms with E-state index in [0.717, 1.165) is 37.7 Å². The van der Waals surface area contributed by atoms with Gasteiger partial charge in [-0.05, 0) is 30.7 Å². The van der Waals surface area contributed by atoms with E-state index in [9.17, 15) is 19.5 Å². The van der Waals surface area contributed by atoms with Crippen LogP contribution in [0.25, 0.3) is 0 Å². The molecule has 1 aromatic rings. The standard InChI is InChI=1S/C21H30N4O4/c1-25(2)20(27)16(12-13-8-10-15(11-9-13)18(22)23)19(26)24-17(21(28)29)14-6-4-3-5-7-14/h8-11,14,16-17H,3-7,12H2,1-2H3,(H3,22,23)(H,24,26)(H,28,29)/t16-,17+/m1/s1. The summed E-state index contributed by atoms with van der Waals surface area (Å²) in [7, 11) is 3.13. The van der Waals surface area contributed by atoms with Crippen molar-refractivity contribution in [1.29, 1.82) is 5.41 Å². The van der Waals surface area contributed by atoms with Crippen LogP contribution in [0.3, 0.4) is 0 Å². The third kappa shape index (κ3) is 6.04. The van der Waals surface area contributed by atoms with Crippen LogP contribution in [0.5, 0.6) is 0 Å². The molecule has 0 bridgehead atoms. The molecule has 1 aliphatic carbocycles. The van der Waals surface area contributed by atoms with E-state index in [0.29, 0.717) is 5.56 Å². The number of nitrogen functional groups attached to an aromatic ring is 1. The summed E-state index contributed by atoms with van der Waals surface area (Å²) in [5.74, 6) is -3.23. The maximum absolute atomic E-state index is 13.0. The van der Waals surface area contributed by atoms with Crippen LogP contribution in [0.4, 0.5) is 0 Å². The second kappa shape index (κ2) is 10.0. The molecule has 8 heteroatoms. The number of nitrogens with one attached hydrogen (secondary N) is 2. The molecule has 0 heterocycles. The quantitative estimate of drug-likeness (QED) is 0.296. The zero-order chi connectivity index (χ0) is 21.6. The van der Waals surface area contributed by atoms with Gasteiger partial charge in [0.15, 0.2) is 0 Å². The third-order valence-electron chi connectivity index (χ3n) is 5.45. The van der Waals surface area contributed by atoms with Gasteiger partial charge in [0.2, 0.25) is 11.8 Å². The minimum atomic E-state index is -1.06. The van der Waals surface area contributed by atoms with Crippen molar-refractivity contribution < 1.29 is 19.5 Å². The lowest BCUT2D eigenvalue weighted by Gasteiger charge is -2.29. The highest BCUT2D eigenvalue weighted by atomic mass is 16.4. The van der Waals surface area contributed by atoms with Gasteiger partial charge in [0.25, 0.3) is 0 Å². The van der Waals surface area contributed by atoms with Crippen molar-refractivity contribution in [3.63, 3.8) is 0 Å². The van der Waals surface area contributed by atoms with E-state index in [1.165, 1.54) is 4.90 Å². The summed E-state index contributed by atoms with van der Waals surface area (Å²) in [4.78, 5) is 38.7. The molecule has 0 aliphatic heterocycles. The Kier molecular flexibility index (Phi) is 7.75. The van der Waals surface area contributed by atoms with E-state index in [4.69, 9.17) is 11.1 Å². The summed E-state index contributed by atoms with van der Waals surface area (Å²) < 4.78 is 0. The predicted molar refractivity (Wildman–Crippen MR) is 109 cm³/mol. The number of amides is 2. The molecule has 29 heavy (non-hydrogen) atoms. The molecule has 0 aromatic heterocycles. The van der Waals surface area contributed by atoms with Gasteiger partial charge in [-0.2, -0.15) is 0 Å². The van der Waals surface area contributed by atoms with Gasteiger partial charge < -0.3 is 21.1 Å². The second-order valence-electron chi connectivity index (χ2n) is 7.82. The highest BCUT2D eigenvalue weighted by Crippen LogP contribution is 2.27. The molecule has 2 rings (SSSR count). The molecular weight excluding hydrogens is 372 g/mol. The maximum atomic E-state index is 13.0. The van der Waals surface area contributed by atoms with E-state index in [-0.39, 0.29) is 24.1 Å². The van der Waals surface area contributed by atoms with Crippen molar-refractivity contribution in [2.45, 2.75) is 44.6 Å². The van der Waals surface area contributed by atoms with Gasteiger partial charge in [-0.15, -0.1) is 0 Å². The summed E-state index contributed by atoms with van der Waals surface area (Å²) in [5.41, 5.74) is 6.74. The van der Waals surface area contributed by atoms with Gasteiger partial charge in [0.05, 0.1) is 0 Å². The number of hydrogen-bond donors (Lipinski definition) is 4. The van der Waals surface area contributed by atoms with E-state index in [1.807, 2.05) is 0 Å². The molecule has 2 amide bonds. The van der Waals surface area contributed by atoms with Crippen LogP contribution in [0.1, 0.15) is 43.2 Å². The number of hydrogen-bond acceptors (Lipinski definition) is 4. The lowest BCUT2D eigenvalue weighted by molar-refractivity contribution is -0.147. The number of nitrogens with zero attached hydrogens (tertiary/aromatic N) is 1. The van der Waals surface area contributed by atoms with Gasteiger partial charge >= 0.3 is 5.97 Å². The van der Waals surface area contributed by atoms with E-state index < -0.39 is 23.8 Å². The Labute approximate surface area is 171 Å². The van der Waals surface area contributed by atoms with Crippen LogP contribution >= 0.6 is 0 Å². The maximum Gasteiger partial charge on any atom is 0.326 e. The highest BCUT2D eigenvalue weighted by Gasteiger charge is 2.35.